The highest BCUT2D eigenvalue weighted by Crippen LogP contribution is 2.35. The Balaban J connectivity index is 1.44. The van der Waals surface area contributed by atoms with E-state index in [9.17, 15) is 4.39 Å². The van der Waals surface area contributed by atoms with Gasteiger partial charge in [-0.15, -0.1) is 0 Å². The summed E-state index contributed by atoms with van der Waals surface area (Å²) in [4.78, 5) is 13.7. The number of hydrogen-bond acceptors (Lipinski definition) is 6. The van der Waals surface area contributed by atoms with Crippen LogP contribution in [-0.4, -0.2) is 49.9 Å². The van der Waals surface area contributed by atoms with Crippen LogP contribution in [0, 0.1) is 5.82 Å². The normalized spacial score (nSPS) is 21.1. The van der Waals surface area contributed by atoms with E-state index in [0.717, 1.165) is 48.0 Å². The van der Waals surface area contributed by atoms with Crippen molar-refractivity contribution in [3.05, 3.63) is 58.8 Å². The van der Waals surface area contributed by atoms with E-state index >= 15 is 0 Å². The molecule has 0 saturated carbocycles. The lowest BCUT2D eigenvalue weighted by Gasteiger charge is -2.35. The number of benzene rings is 1. The highest BCUT2D eigenvalue weighted by Gasteiger charge is 2.27. The average molecular weight is 443 g/mol. The van der Waals surface area contributed by atoms with Gasteiger partial charge in [-0.25, -0.2) is 19.0 Å². The third-order valence-corrected chi connectivity index (χ3v) is 6.01. The van der Waals surface area contributed by atoms with E-state index in [-0.39, 0.29) is 18.0 Å². The second kappa shape index (κ2) is 8.18. The molecule has 0 aliphatic carbocycles. The van der Waals surface area contributed by atoms with Crippen LogP contribution in [0.1, 0.15) is 25.0 Å². The van der Waals surface area contributed by atoms with Gasteiger partial charge in [-0.3, -0.25) is 4.90 Å². The van der Waals surface area contributed by atoms with E-state index in [4.69, 9.17) is 21.3 Å². The number of rotatable bonds is 4. The SMILES string of the molecule is C[C@@H]1CN(Cc2cnc3c(c2)-c2ncnn2CN3Cc2ccc(F)cc2Cl)C[C@H](C)O1. The van der Waals surface area contributed by atoms with Crippen molar-refractivity contribution in [3.63, 3.8) is 0 Å². The lowest BCUT2D eigenvalue weighted by atomic mass is 10.1. The number of pyridine rings is 1. The Hall–Kier alpha value is -2.55. The molecule has 31 heavy (non-hydrogen) atoms. The Morgan fingerprint density at radius 2 is 1.94 bits per heavy atom. The molecule has 0 radical (unpaired) electrons. The molecule has 0 N–H and O–H groups in total. The Kier molecular flexibility index (Phi) is 5.37. The van der Waals surface area contributed by atoms with E-state index in [0.29, 0.717) is 18.2 Å². The zero-order valence-corrected chi connectivity index (χ0v) is 18.3. The number of ether oxygens (including phenoxy) is 1. The first-order chi connectivity index (χ1) is 15.0. The Bertz CT molecular complexity index is 1100. The molecule has 1 fully saturated rings. The highest BCUT2D eigenvalue weighted by atomic mass is 35.5. The van der Waals surface area contributed by atoms with Crippen molar-refractivity contribution in [2.45, 2.75) is 45.8 Å². The molecule has 2 aliphatic heterocycles. The lowest BCUT2D eigenvalue weighted by molar-refractivity contribution is -0.0705. The number of aromatic nitrogens is 4. The minimum absolute atomic E-state index is 0.216. The number of halogens is 2. The largest absolute Gasteiger partial charge is 0.373 e. The summed E-state index contributed by atoms with van der Waals surface area (Å²) in [6.45, 7) is 7.80. The molecule has 5 rings (SSSR count). The summed E-state index contributed by atoms with van der Waals surface area (Å²) in [5.41, 5.74) is 2.89. The van der Waals surface area contributed by atoms with Crippen molar-refractivity contribution >= 4 is 17.4 Å². The first-order valence-electron chi connectivity index (χ1n) is 10.4. The van der Waals surface area contributed by atoms with Gasteiger partial charge >= 0.3 is 0 Å². The van der Waals surface area contributed by atoms with Gasteiger partial charge in [0.15, 0.2) is 5.82 Å². The number of hydrogen-bond donors (Lipinski definition) is 0. The highest BCUT2D eigenvalue weighted by molar-refractivity contribution is 6.31. The first-order valence-corrected chi connectivity index (χ1v) is 10.8. The molecular weight excluding hydrogens is 419 g/mol. The minimum atomic E-state index is -0.346. The van der Waals surface area contributed by atoms with Crippen LogP contribution in [0.4, 0.5) is 10.2 Å². The smallest absolute Gasteiger partial charge is 0.163 e. The van der Waals surface area contributed by atoms with Crippen molar-refractivity contribution < 1.29 is 9.13 Å². The van der Waals surface area contributed by atoms with Crippen LogP contribution in [0.15, 0.2) is 36.8 Å². The van der Waals surface area contributed by atoms with Crippen LogP contribution in [0.5, 0.6) is 0 Å². The molecule has 0 bridgehead atoms. The average Bonchev–Trinajstić information content (AvgIpc) is 3.18. The van der Waals surface area contributed by atoms with Crippen LogP contribution < -0.4 is 4.90 Å². The van der Waals surface area contributed by atoms with Crippen molar-refractivity contribution in [1.29, 1.82) is 0 Å². The van der Waals surface area contributed by atoms with E-state index in [2.05, 4.69) is 39.8 Å². The van der Waals surface area contributed by atoms with Crippen molar-refractivity contribution in [2.75, 3.05) is 18.0 Å². The van der Waals surface area contributed by atoms with Crippen molar-refractivity contribution in [2.24, 2.45) is 0 Å². The number of nitrogens with zero attached hydrogens (tertiary/aromatic N) is 6. The van der Waals surface area contributed by atoms with Gasteiger partial charge in [-0.2, -0.15) is 5.10 Å². The van der Waals surface area contributed by atoms with Gasteiger partial charge < -0.3 is 9.64 Å². The lowest BCUT2D eigenvalue weighted by Crippen LogP contribution is -2.44. The predicted octanol–water partition coefficient (Wildman–Crippen LogP) is 3.72. The molecule has 2 aliphatic rings. The van der Waals surface area contributed by atoms with E-state index in [1.54, 1.807) is 12.4 Å². The van der Waals surface area contributed by atoms with E-state index in [1.807, 2.05) is 10.9 Å². The zero-order valence-electron chi connectivity index (χ0n) is 17.5. The summed E-state index contributed by atoms with van der Waals surface area (Å²) in [5.74, 6) is 1.28. The first kappa shape index (κ1) is 20.4. The van der Waals surface area contributed by atoms with Gasteiger partial charge in [0.2, 0.25) is 0 Å². The van der Waals surface area contributed by atoms with Gasteiger partial charge in [-0.1, -0.05) is 17.7 Å². The number of fused-ring (bicyclic) bond motifs is 3. The van der Waals surface area contributed by atoms with Gasteiger partial charge in [-0.05, 0) is 43.2 Å². The molecule has 1 saturated heterocycles. The molecule has 0 amide bonds. The standard InChI is InChI=1S/C22H24ClFN6O/c1-14-8-28(9-15(2)31-14)10-16-5-19-21(25-7-16)29(13-30-22(19)26-12-27-30)11-17-3-4-18(24)6-20(17)23/h3-7,12,14-15H,8-11,13H2,1-2H3/t14-,15+. The molecule has 0 unspecified atom stereocenters. The molecule has 7 nitrogen and oxygen atoms in total. The molecule has 162 valence electrons. The molecule has 4 heterocycles. The summed E-state index contributed by atoms with van der Waals surface area (Å²) in [5, 5.41) is 4.77. The predicted molar refractivity (Wildman–Crippen MR) is 116 cm³/mol. The second-order valence-corrected chi connectivity index (χ2v) is 8.73. The maximum atomic E-state index is 13.5. The molecule has 2 aromatic heterocycles. The Morgan fingerprint density at radius 3 is 2.71 bits per heavy atom. The van der Waals surface area contributed by atoms with Crippen LogP contribution in [0.2, 0.25) is 5.02 Å². The summed E-state index contributed by atoms with van der Waals surface area (Å²) in [6.07, 6.45) is 3.92. The van der Waals surface area contributed by atoms with Crippen molar-refractivity contribution in [1.82, 2.24) is 24.6 Å². The maximum Gasteiger partial charge on any atom is 0.163 e. The zero-order chi connectivity index (χ0) is 21.5. The topological polar surface area (TPSA) is 59.3 Å². The number of morpholine rings is 1. The minimum Gasteiger partial charge on any atom is -0.373 e. The number of anilines is 1. The molecule has 3 aromatic rings. The Morgan fingerprint density at radius 1 is 1.13 bits per heavy atom. The molecule has 2 atom stereocenters. The van der Waals surface area contributed by atoms with Gasteiger partial charge in [0, 0.05) is 37.4 Å². The van der Waals surface area contributed by atoms with Gasteiger partial charge in [0.05, 0.1) is 17.8 Å². The summed E-state index contributed by atoms with van der Waals surface area (Å²) in [6, 6.07) is 6.62. The summed E-state index contributed by atoms with van der Waals surface area (Å²) >= 11 is 6.27. The third-order valence-electron chi connectivity index (χ3n) is 5.66. The quantitative estimate of drug-likeness (QED) is 0.613. The van der Waals surface area contributed by atoms with Crippen LogP contribution in [-0.2, 0) is 24.5 Å². The summed E-state index contributed by atoms with van der Waals surface area (Å²) in [7, 11) is 0. The Labute approximate surface area is 185 Å². The molecule has 9 heteroatoms. The van der Waals surface area contributed by atoms with Crippen molar-refractivity contribution in [3.8, 4) is 11.4 Å². The second-order valence-electron chi connectivity index (χ2n) is 8.32. The van der Waals surface area contributed by atoms with Crippen LogP contribution in [0.3, 0.4) is 0 Å². The van der Waals surface area contributed by atoms with Crippen LogP contribution >= 0.6 is 11.6 Å². The monoisotopic (exact) mass is 442 g/mol. The fourth-order valence-electron chi connectivity index (χ4n) is 4.46. The van der Waals surface area contributed by atoms with E-state index in [1.165, 1.54) is 12.1 Å². The van der Waals surface area contributed by atoms with Gasteiger partial charge in [0.25, 0.3) is 0 Å². The molecule has 0 spiro atoms. The molecule has 1 aromatic carbocycles. The van der Waals surface area contributed by atoms with E-state index < -0.39 is 0 Å². The summed E-state index contributed by atoms with van der Waals surface area (Å²) < 4.78 is 21.2. The fourth-order valence-corrected chi connectivity index (χ4v) is 4.69. The maximum absolute atomic E-state index is 13.5. The van der Waals surface area contributed by atoms with Crippen LogP contribution in [0.25, 0.3) is 11.4 Å². The third kappa shape index (κ3) is 4.15. The fraction of sp³-hybridized carbons (Fsp3) is 0.409. The molecular formula is C22H24ClFN6O. The van der Waals surface area contributed by atoms with Gasteiger partial charge in [0.1, 0.15) is 24.6 Å².